The van der Waals surface area contributed by atoms with Crippen LogP contribution in [0.5, 0.6) is 0 Å². The maximum absolute atomic E-state index is 4.88. The van der Waals surface area contributed by atoms with Crippen molar-refractivity contribution in [2.24, 2.45) is 5.92 Å². The number of fused-ring (bicyclic) bond motifs is 2. The highest BCUT2D eigenvalue weighted by Crippen LogP contribution is 2.49. The first-order chi connectivity index (χ1) is 11.8. The first kappa shape index (κ1) is 14.4. The van der Waals surface area contributed by atoms with Gasteiger partial charge < -0.3 is 10.6 Å². The third-order valence-electron chi connectivity index (χ3n) is 6.03. The molecule has 124 valence electrons. The van der Waals surface area contributed by atoms with Gasteiger partial charge in [-0.2, -0.15) is 0 Å². The number of aryl methyl sites for hydroxylation is 1. The van der Waals surface area contributed by atoms with Gasteiger partial charge in [0.2, 0.25) is 0 Å². The molecule has 1 saturated heterocycles. The topological polar surface area (TPSA) is 49.8 Å². The van der Waals surface area contributed by atoms with Gasteiger partial charge in [-0.1, -0.05) is 30.3 Å². The van der Waals surface area contributed by atoms with Gasteiger partial charge >= 0.3 is 0 Å². The van der Waals surface area contributed by atoms with Crippen LogP contribution in [0.2, 0.25) is 0 Å². The van der Waals surface area contributed by atoms with Gasteiger partial charge in [-0.05, 0) is 44.1 Å². The van der Waals surface area contributed by atoms with Crippen LogP contribution in [-0.2, 0) is 6.42 Å². The third kappa shape index (κ3) is 2.24. The van der Waals surface area contributed by atoms with Crippen LogP contribution < -0.4 is 10.6 Å². The molecule has 0 bridgehead atoms. The molecule has 0 spiro atoms. The zero-order valence-corrected chi connectivity index (χ0v) is 14.2. The van der Waals surface area contributed by atoms with Crippen molar-refractivity contribution in [3.8, 4) is 0 Å². The second kappa shape index (κ2) is 5.28. The molecule has 1 saturated carbocycles. The van der Waals surface area contributed by atoms with Crippen LogP contribution in [0.1, 0.15) is 47.8 Å². The molecule has 0 amide bonds. The van der Waals surface area contributed by atoms with Crippen LogP contribution in [0, 0.1) is 12.8 Å². The summed E-state index contributed by atoms with van der Waals surface area (Å²) in [6.45, 7) is 4.24. The van der Waals surface area contributed by atoms with Crippen LogP contribution in [0.15, 0.2) is 30.3 Å². The highest BCUT2D eigenvalue weighted by Gasteiger charge is 2.57. The monoisotopic (exact) mass is 320 g/mol. The van der Waals surface area contributed by atoms with Crippen LogP contribution in [0.25, 0.3) is 0 Å². The SMILES string of the molecule is Cc1nc(N[C@@]23CNCC2C3)c2c(n1)C(c1ccccc1)CCC2. The normalized spacial score (nSPS) is 30.5. The Morgan fingerprint density at radius 3 is 2.83 bits per heavy atom. The molecule has 24 heavy (non-hydrogen) atoms. The van der Waals surface area contributed by atoms with E-state index in [4.69, 9.17) is 9.97 Å². The summed E-state index contributed by atoms with van der Waals surface area (Å²) in [7, 11) is 0. The second-order valence-electron chi connectivity index (χ2n) is 7.65. The van der Waals surface area contributed by atoms with Crippen molar-refractivity contribution in [1.29, 1.82) is 0 Å². The minimum absolute atomic E-state index is 0.258. The molecule has 2 unspecified atom stereocenters. The summed E-state index contributed by atoms with van der Waals surface area (Å²) in [5.41, 5.74) is 4.25. The molecular weight excluding hydrogens is 296 g/mol. The van der Waals surface area contributed by atoms with Gasteiger partial charge in [-0.25, -0.2) is 9.97 Å². The van der Waals surface area contributed by atoms with Gasteiger partial charge in [0.05, 0.1) is 11.2 Å². The Balaban J connectivity index is 1.55. The molecule has 3 aliphatic rings. The molecule has 0 radical (unpaired) electrons. The van der Waals surface area contributed by atoms with Crippen LogP contribution in [0.3, 0.4) is 0 Å². The van der Waals surface area contributed by atoms with E-state index < -0.39 is 0 Å². The number of anilines is 1. The van der Waals surface area contributed by atoms with E-state index in [0.717, 1.165) is 37.1 Å². The number of hydrogen-bond donors (Lipinski definition) is 2. The van der Waals surface area contributed by atoms with Crippen LogP contribution in [0.4, 0.5) is 5.82 Å². The minimum Gasteiger partial charge on any atom is -0.363 e. The largest absolute Gasteiger partial charge is 0.363 e. The van der Waals surface area contributed by atoms with Crippen molar-refractivity contribution >= 4 is 5.82 Å². The smallest absolute Gasteiger partial charge is 0.133 e. The number of nitrogens with one attached hydrogen (secondary N) is 2. The van der Waals surface area contributed by atoms with E-state index in [9.17, 15) is 0 Å². The molecule has 1 aliphatic heterocycles. The number of rotatable bonds is 3. The van der Waals surface area contributed by atoms with E-state index in [1.807, 2.05) is 6.92 Å². The van der Waals surface area contributed by atoms with Gasteiger partial charge in [0.1, 0.15) is 11.6 Å². The molecule has 2 N–H and O–H groups in total. The molecule has 2 heterocycles. The first-order valence-electron chi connectivity index (χ1n) is 9.16. The zero-order valence-electron chi connectivity index (χ0n) is 14.2. The lowest BCUT2D eigenvalue weighted by Crippen LogP contribution is -2.31. The fraction of sp³-hybridized carbons (Fsp3) is 0.500. The predicted octanol–water partition coefficient (Wildman–Crippen LogP) is 3.03. The number of nitrogens with zero attached hydrogens (tertiary/aromatic N) is 2. The van der Waals surface area contributed by atoms with E-state index in [1.165, 1.54) is 36.1 Å². The summed E-state index contributed by atoms with van der Waals surface area (Å²) in [6, 6.07) is 10.8. The van der Waals surface area contributed by atoms with E-state index in [1.54, 1.807) is 0 Å². The Labute approximate surface area is 143 Å². The number of aromatic nitrogens is 2. The Hall–Kier alpha value is -1.94. The van der Waals surface area contributed by atoms with E-state index in [0.29, 0.717) is 5.92 Å². The first-order valence-corrected chi connectivity index (χ1v) is 9.16. The lowest BCUT2D eigenvalue weighted by molar-refractivity contribution is 0.590. The van der Waals surface area contributed by atoms with Crippen molar-refractivity contribution < 1.29 is 0 Å². The molecule has 3 atom stereocenters. The standard InChI is InChI=1S/C20H24N4/c1-13-22-18-16(14-6-3-2-4-7-14)8-5-9-17(18)19(23-13)24-20-10-15(20)11-21-12-20/h2-4,6-7,15-16,21H,5,8-12H2,1H3,(H,22,23,24)/t15?,16?,20-/m0/s1. The summed E-state index contributed by atoms with van der Waals surface area (Å²) in [6.07, 6.45) is 4.76. The Kier molecular flexibility index (Phi) is 3.17. The number of benzene rings is 1. The summed E-state index contributed by atoms with van der Waals surface area (Å²) in [5.74, 6) is 3.17. The molecular formula is C20H24N4. The van der Waals surface area contributed by atoms with Gasteiger partial charge in [0, 0.05) is 24.6 Å². The zero-order chi connectivity index (χ0) is 16.1. The molecule has 4 heteroatoms. The van der Waals surface area contributed by atoms with Crippen LogP contribution in [-0.4, -0.2) is 28.6 Å². The highest BCUT2D eigenvalue weighted by molar-refractivity contribution is 5.54. The molecule has 2 aromatic rings. The molecule has 2 fully saturated rings. The average molecular weight is 320 g/mol. The van der Waals surface area contributed by atoms with Gasteiger partial charge in [-0.3, -0.25) is 0 Å². The van der Waals surface area contributed by atoms with E-state index >= 15 is 0 Å². The summed E-state index contributed by atoms with van der Waals surface area (Å²) in [4.78, 5) is 9.68. The second-order valence-corrected chi connectivity index (χ2v) is 7.65. The summed E-state index contributed by atoms with van der Waals surface area (Å²) >= 11 is 0. The van der Waals surface area contributed by atoms with E-state index in [-0.39, 0.29) is 5.54 Å². The maximum atomic E-state index is 4.88. The lowest BCUT2D eigenvalue weighted by Gasteiger charge is -2.28. The minimum atomic E-state index is 0.258. The Morgan fingerprint density at radius 1 is 1.21 bits per heavy atom. The Morgan fingerprint density at radius 2 is 2.08 bits per heavy atom. The van der Waals surface area contributed by atoms with Crippen molar-refractivity contribution in [2.75, 3.05) is 18.4 Å². The van der Waals surface area contributed by atoms with Crippen molar-refractivity contribution in [1.82, 2.24) is 15.3 Å². The lowest BCUT2D eigenvalue weighted by atomic mass is 9.82. The van der Waals surface area contributed by atoms with Crippen molar-refractivity contribution in [3.05, 3.63) is 53.0 Å². The van der Waals surface area contributed by atoms with Crippen molar-refractivity contribution in [2.45, 2.75) is 44.1 Å². The fourth-order valence-corrected chi connectivity index (χ4v) is 4.65. The van der Waals surface area contributed by atoms with Gasteiger partial charge in [0.25, 0.3) is 0 Å². The molecule has 1 aromatic heterocycles. The molecule has 2 aliphatic carbocycles. The fourth-order valence-electron chi connectivity index (χ4n) is 4.65. The van der Waals surface area contributed by atoms with Gasteiger partial charge in [0.15, 0.2) is 0 Å². The number of piperidine rings is 1. The van der Waals surface area contributed by atoms with E-state index in [2.05, 4.69) is 41.0 Å². The third-order valence-corrected chi connectivity index (χ3v) is 6.03. The predicted molar refractivity (Wildman–Crippen MR) is 95.3 cm³/mol. The molecule has 1 aromatic carbocycles. The van der Waals surface area contributed by atoms with Crippen LogP contribution >= 0.6 is 0 Å². The Bertz CT molecular complexity index is 773. The molecule has 5 rings (SSSR count). The maximum Gasteiger partial charge on any atom is 0.133 e. The average Bonchev–Trinajstić information content (AvgIpc) is 3.14. The summed E-state index contributed by atoms with van der Waals surface area (Å²) in [5, 5.41) is 7.32. The van der Waals surface area contributed by atoms with Gasteiger partial charge in [-0.15, -0.1) is 0 Å². The quantitative estimate of drug-likeness (QED) is 0.913. The van der Waals surface area contributed by atoms with Crippen molar-refractivity contribution in [3.63, 3.8) is 0 Å². The number of hydrogen-bond acceptors (Lipinski definition) is 4. The summed E-state index contributed by atoms with van der Waals surface area (Å²) < 4.78 is 0. The highest BCUT2D eigenvalue weighted by atomic mass is 15.2. The molecule has 4 nitrogen and oxygen atoms in total.